The van der Waals surface area contributed by atoms with Gasteiger partial charge in [-0.15, -0.1) is 0 Å². The fourth-order valence-electron chi connectivity index (χ4n) is 1.95. The highest BCUT2D eigenvalue weighted by Gasteiger charge is 2.19. The zero-order valence-corrected chi connectivity index (χ0v) is 12.2. The molecule has 0 aromatic carbocycles. The number of carbonyl (C=O) groups is 1. The fourth-order valence-corrected chi connectivity index (χ4v) is 1.95. The standard InChI is InChI=1S/C15H25N3O/c1-4-5-6-8-15(2,3)11-18-14(19)12-10-17-9-7-13(12)16/h7,9-10H,4-6,8,11H2,1-3H3,(H2,16,17)(H,18,19). The second kappa shape index (κ2) is 7.12. The molecule has 0 fully saturated rings. The van der Waals surface area contributed by atoms with Crippen molar-refractivity contribution >= 4 is 11.6 Å². The highest BCUT2D eigenvalue weighted by molar-refractivity contribution is 5.98. The molecule has 0 unspecified atom stereocenters. The van der Waals surface area contributed by atoms with E-state index in [1.807, 2.05) is 0 Å². The summed E-state index contributed by atoms with van der Waals surface area (Å²) >= 11 is 0. The average molecular weight is 263 g/mol. The Balaban J connectivity index is 2.47. The molecule has 0 bridgehead atoms. The van der Waals surface area contributed by atoms with Crippen LogP contribution in [-0.4, -0.2) is 17.4 Å². The lowest BCUT2D eigenvalue weighted by Crippen LogP contribution is -2.34. The monoisotopic (exact) mass is 263 g/mol. The molecule has 3 N–H and O–H groups in total. The molecule has 0 aliphatic heterocycles. The number of unbranched alkanes of at least 4 members (excludes halogenated alkanes) is 2. The normalized spacial score (nSPS) is 11.3. The first-order valence-corrected chi connectivity index (χ1v) is 6.94. The Morgan fingerprint density at radius 3 is 2.79 bits per heavy atom. The quantitative estimate of drug-likeness (QED) is 0.743. The smallest absolute Gasteiger partial charge is 0.254 e. The Bertz CT molecular complexity index is 416. The van der Waals surface area contributed by atoms with Crippen LogP contribution in [0.2, 0.25) is 0 Å². The molecule has 1 heterocycles. The van der Waals surface area contributed by atoms with Gasteiger partial charge in [0.15, 0.2) is 0 Å². The van der Waals surface area contributed by atoms with Crippen LogP contribution in [0.3, 0.4) is 0 Å². The first-order valence-electron chi connectivity index (χ1n) is 6.94. The van der Waals surface area contributed by atoms with Gasteiger partial charge in [-0.1, -0.05) is 40.0 Å². The minimum atomic E-state index is -0.144. The van der Waals surface area contributed by atoms with E-state index in [1.165, 1.54) is 25.5 Å². The molecule has 106 valence electrons. The molecule has 19 heavy (non-hydrogen) atoms. The van der Waals surface area contributed by atoms with Crippen molar-refractivity contribution in [2.45, 2.75) is 46.5 Å². The van der Waals surface area contributed by atoms with E-state index in [1.54, 1.807) is 12.3 Å². The molecule has 0 aliphatic carbocycles. The maximum absolute atomic E-state index is 12.0. The topological polar surface area (TPSA) is 68.0 Å². The van der Waals surface area contributed by atoms with E-state index in [0.29, 0.717) is 17.8 Å². The fraction of sp³-hybridized carbons (Fsp3) is 0.600. The van der Waals surface area contributed by atoms with Gasteiger partial charge in [0.25, 0.3) is 5.91 Å². The van der Waals surface area contributed by atoms with Crippen molar-refractivity contribution in [2.24, 2.45) is 5.41 Å². The van der Waals surface area contributed by atoms with Crippen molar-refractivity contribution in [2.75, 3.05) is 12.3 Å². The third kappa shape index (κ3) is 5.28. The van der Waals surface area contributed by atoms with Crippen molar-refractivity contribution in [1.82, 2.24) is 10.3 Å². The Morgan fingerprint density at radius 2 is 2.16 bits per heavy atom. The van der Waals surface area contributed by atoms with Gasteiger partial charge in [0, 0.05) is 24.6 Å². The van der Waals surface area contributed by atoms with Gasteiger partial charge in [-0.25, -0.2) is 0 Å². The van der Waals surface area contributed by atoms with Gasteiger partial charge in [0.2, 0.25) is 0 Å². The van der Waals surface area contributed by atoms with Gasteiger partial charge in [-0.2, -0.15) is 0 Å². The molecule has 0 atom stereocenters. The summed E-state index contributed by atoms with van der Waals surface area (Å²) in [5.41, 5.74) is 6.79. The van der Waals surface area contributed by atoms with Gasteiger partial charge in [-0.3, -0.25) is 9.78 Å². The third-order valence-electron chi connectivity index (χ3n) is 3.28. The van der Waals surface area contributed by atoms with E-state index in [0.717, 1.165) is 6.42 Å². The molecular formula is C15H25N3O. The van der Waals surface area contributed by atoms with Gasteiger partial charge >= 0.3 is 0 Å². The van der Waals surface area contributed by atoms with Gasteiger partial charge in [0.1, 0.15) is 0 Å². The second-order valence-electron chi connectivity index (χ2n) is 5.77. The number of hydrogen-bond acceptors (Lipinski definition) is 3. The largest absolute Gasteiger partial charge is 0.398 e. The molecule has 0 aliphatic rings. The number of anilines is 1. The average Bonchev–Trinajstić information content (AvgIpc) is 2.37. The minimum absolute atomic E-state index is 0.113. The summed E-state index contributed by atoms with van der Waals surface area (Å²) in [5.74, 6) is -0.144. The number of nitrogens with zero attached hydrogens (tertiary/aromatic N) is 1. The van der Waals surface area contributed by atoms with E-state index in [4.69, 9.17) is 5.73 Å². The highest BCUT2D eigenvalue weighted by Crippen LogP contribution is 2.23. The van der Waals surface area contributed by atoms with Crippen LogP contribution in [-0.2, 0) is 0 Å². The Labute approximate surface area is 115 Å². The summed E-state index contributed by atoms with van der Waals surface area (Å²) in [4.78, 5) is 15.9. The van der Waals surface area contributed by atoms with Crippen molar-refractivity contribution in [3.05, 3.63) is 24.0 Å². The van der Waals surface area contributed by atoms with E-state index in [-0.39, 0.29) is 11.3 Å². The van der Waals surface area contributed by atoms with Crippen LogP contribution < -0.4 is 11.1 Å². The Morgan fingerprint density at radius 1 is 1.42 bits per heavy atom. The van der Waals surface area contributed by atoms with Crippen LogP contribution in [0.4, 0.5) is 5.69 Å². The van der Waals surface area contributed by atoms with Crippen LogP contribution in [0, 0.1) is 5.41 Å². The third-order valence-corrected chi connectivity index (χ3v) is 3.28. The van der Waals surface area contributed by atoms with Gasteiger partial charge in [0.05, 0.1) is 5.56 Å². The van der Waals surface area contributed by atoms with Crippen LogP contribution >= 0.6 is 0 Å². The van der Waals surface area contributed by atoms with E-state index >= 15 is 0 Å². The number of aromatic nitrogens is 1. The SMILES string of the molecule is CCCCCC(C)(C)CNC(=O)c1cnccc1N. The van der Waals surface area contributed by atoms with Crippen molar-refractivity contribution < 1.29 is 4.79 Å². The molecule has 0 saturated heterocycles. The number of carbonyl (C=O) groups excluding carboxylic acids is 1. The van der Waals surface area contributed by atoms with Crippen molar-refractivity contribution in [3.8, 4) is 0 Å². The molecule has 1 aromatic heterocycles. The van der Waals surface area contributed by atoms with Crippen LogP contribution in [0.1, 0.15) is 56.8 Å². The number of amides is 1. The number of pyridine rings is 1. The maximum Gasteiger partial charge on any atom is 0.254 e. The lowest BCUT2D eigenvalue weighted by Gasteiger charge is -2.25. The first kappa shape index (κ1) is 15.5. The maximum atomic E-state index is 12.0. The second-order valence-corrected chi connectivity index (χ2v) is 5.77. The number of nitrogen functional groups attached to an aromatic ring is 1. The van der Waals surface area contributed by atoms with Gasteiger partial charge < -0.3 is 11.1 Å². The molecule has 0 saturated carbocycles. The summed E-state index contributed by atoms with van der Waals surface area (Å²) in [7, 11) is 0. The Kier molecular flexibility index (Phi) is 5.80. The summed E-state index contributed by atoms with van der Waals surface area (Å²) < 4.78 is 0. The number of nitrogens with two attached hydrogens (primary N) is 1. The van der Waals surface area contributed by atoms with E-state index in [2.05, 4.69) is 31.1 Å². The van der Waals surface area contributed by atoms with E-state index in [9.17, 15) is 4.79 Å². The minimum Gasteiger partial charge on any atom is -0.398 e. The van der Waals surface area contributed by atoms with Crippen molar-refractivity contribution in [1.29, 1.82) is 0 Å². The molecule has 4 nitrogen and oxygen atoms in total. The number of nitrogens with one attached hydrogen (secondary N) is 1. The molecular weight excluding hydrogens is 238 g/mol. The summed E-state index contributed by atoms with van der Waals surface area (Å²) in [6.45, 7) is 7.20. The molecule has 1 aromatic rings. The summed E-state index contributed by atoms with van der Waals surface area (Å²) in [6, 6.07) is 1.64. The lowest BCUT2D eigenvalue weighted by atomic mass is 9.87. The van der Waals surface area contributed by atoms with E-state index < -0.39 is 0 Å². The zero-order chi connectivity index (χ0) is 14.3. The summed E-state index contributed by atoms with van der Waals surface area (Å²) in [6.07, 6.45) is 7.87. The van der Waals surface area contributed by atoms with Crippen molar-refractivity contribution in [3.63, 3.8) is 0 Å². The Hall–Kier alpha value is -1.58. The predicted molar refractivity (Wildman–Crippen MR) is 78.9 cm³/mol. The molecule has 0 spiro atoms. The van der Waals surface area contributed by atoms with Crippen LogP contribution in [0.15, 0.2) is 18.5 Å². The summed E-state index contributed by atoms with van der Waals surface area (Å²) in [5, 5.41) is 2.95. The molecule has 1 amide bonds. The van der Waals surface area contributed by atoms with Gasteiger partial charge in [-0.05, 0) is 17.9 Å². The number of hydrogen-bond donors (Lipinski definition) is 2. The highest BCUT2D eigenvalue weighted by atomic mass is 16.1. The molecule has 4 heteroatoms. The first-order chi connectivity index (χ1) is 8.96. The van der Waals surface area contributed by atoms with Crippen LogP contribution in [0.5, 0.6) is 0 Å². The molecule has 1 rings (SSSR count). The predicted octanol–water partition coefficient (Wildman–Crippen LogP) is 3.00. The zero-order valence-electron chi connectivity index (χ0n) is 12.2. The molecule has 0 radical (unpaired) electrons. The lowest BCUT2D eigenvalue weighted by molar-refractivity contribution is 0.0934. The van der Waals surface area contributed by atoms with Crippen LogP contribution in [0.25, 0.3) is 0 Å². The number of rotatable bonds is 7.